The number of nitrogens with two attached hydrogens (primary N) is 2. The molecular formula is C74H72N18O18S2. The molecule has 14 N–H and O–H groups in total. The number of phenols is 2. The third-order valence-corrected chi connectivity index (χ3v) is 19.0. The zero-order chi connectivity index (χ0) is 79.4. The molecule has 38 heteroatoms. The largest absolute Gasteiger partial charge is 0.507 e. The maximum absolute atomic E-state index is 13.5. The lowest BCUT2D eigenvalue weighted by atomic mass is 10.1. The third-order valence-electron chi connectivity index (χ3n) is 17.4. The van der Waals surface area contributed by atoms with Gasteiger partial charge in [-0.2, -0.15) is 57.0 Å². The zero-order valence-electron chi connectivity index (χ0n) is 59.7. The number of nitrogen functional groups attached to an aromatic ring is 2. The number of aromatic hydroxyl groups is 4. The molecule has 0 fully saturated rings. The Balaban J connectivity index is 0.655. The Kier molecular flexibility index (Phi) is 24.0. The molecule has 36 nitrogen and oxygen atoms in total. The van der Waals surface area contributed by atoms with E-state index in [1.54, 1.807) is 72.8 Å². The van der Waals surface area contributed by atoms with Crippen LogP contribution in [0, 0.1) is 0 Å². The number of anilines is 4. The topological polar surface area (TPSA) is 532 Å². The molecule has 578 valence electrons. The second-order valence-electron chi connectivity index (χ2n) is 25.2. The number of imidazole rings is 2. The Bertz CT molecular complexity index is 5510. The smallest absolute Gasteiger partial charge is 0.320 e. The molecule has 0 bridgehead atoms. The van der Waals surface area contributed by atoms with Crippen molar-refractivity contribution in [1.29, 1.82) is 0 Å². The molecule has 0 saturated heterocycles. The van der Waals surface area contributed by atoms with Crippen molar-refractivity contribution < 1.29 is 84.5 Å². The number of ether oxygens (including phenoxy) is 4. The van der Waals surface area contributed by atoms with Crippen molar-refractivity contribution in [3.8, 4) is 46.7 Å². The van der Waals surface area contributed by atoms with Crippen LogP contribution in [-0.4, -0.2) is 150 Å². The van der Waals surface area contributed by atoms with Gasteiger partial charge in [0.2, 0.25) is 23.6 Å². The zero-order valence-corrected chi connectivity index (χ0v) is 61.3. The van der Waals surface area contributed by atoms with Gasteiger partial charge in [-0.05, 0) is 106 Å². The first-order valence-corrected chi connectivity index (χ1v) is 37.2. The summed E-state index contributed by atoms with van der Waals surface area (Å²) < 4.78 is 92.3. The van der Waals surface area contributed by atoms with Crippen LogP contribution in [0.15, 0.2) is 176 Å². The minimum Gasteiger partial charge on any atom is -0.507 e. The number of hydrogen-bond acceptors (Lipinski definition) is 28. The minimum atomic E-state index is -4.77. The van der Waals surface area contributed by atoms with Gasteiger partial charge < -0.3 is 72.1 Å². The Morgan fingerprint density at radius 1 is 0.446 bits per heavy atom. The van der Waals surface area contributed by atoms with Crippen LogP contribution in [0.2, 0.25) is 0 Å². The van der Waals surface area contributed by atoms with E-state index >= 15 is 0 Å². The summed E-state index contributed by atoms with van der Waals surface area (Å²) in [6.07, 6.45) is -0.0241. The molecule has 0 unspecified atom stereocenters. The molecule has 0 saturated carbocycles. The highest BCUT2D eigenvalue weighted by Crippen LogP contribution is 2.44. The summed E-state index contributed by atoms with van der Waals surface area (Å²) in [5.41, 5.74) is 18.2. The van der Waals surface area contributed by atoms with Crippen molar-refractivity contribution in [1.82, 2.24) is 49.7 Å². The number of aromatic nitrogens is 8. The fourth-order valence-electron chi connectivity index (χ4n) is 11.7. The van der Waals surface area contributed by atoms with Crippen molar-refractivity contribution in [2.24, 2.45) is 20.5 Å². The highest BCUT2D eigenvalue weighted by molar-refractivity contribution is 7.86. The summed E-state index contributed by atoms with van der Waals surface area (Å²) in [5.74, 6) is -2.85. The number of azo groups is 2. The third kappa shape index (κ3) is 19.2. The SMILES string of the molecule is COCCOc1nc(N)c2nc(O)n(Cc3ccc(CNC(=O)CCCC(=O)Nc4ccc5cc(S(=O)(=O)O)cc(O)c5c4/N=N/c4ccc(-c5ccc(/N=N/c6c(NC(=O)CCCC(=O)NCc7ccc(Cn8c(O)nc9c(N)nc(OCCOC)nc98)cc7)ccc7cc(S(=O)(=O)O)cc(O)c67)cc5)cc4)cc3)c2n1. The van der Waals surface area contributed by atoms with Crippen molar-refractivity contribution in [3.63, 3.8) is 0 Å². The number of methoxy groups -OCH3 is 2. The number of nitrogens with one attached hydrogen (secondary N) is 4. The van der Waals surface area contributed by atoms with Crippen molar-refractivity contribution in [2.75, 3.05) is 62.7 Å². The molecule has 112 heavy (non-hydrogen) atoms. The van der Waals surface area contributed by atoms with E-state index in [0.717, 1.165) is 46.5 Å². The fraction of sp³-hybridized carbons (Fsp3) is 0.216. The van der Waals surface area contributed by atoms with E-state index in [1.165, 1.54) is 47.6 Å². The summed E-state index contributed by atoms with van der Waals surface area (Å²) in [6, 6.07) is 36.8. The lowest BCUT2D eigenvalue weighted by Gasteiger charge is -2.13. The van der Waals surface area contributed by atoms with Gasteiger partial charge in [0.1, 0.15) is 36.1 Å². The van der Waals surface area contributed by atoms with E-state index in [0.29, 0.717) is 35.7 Å². The Morgan fingerprint density at radius 3 is 1.18 bits per heavy atom. The van der Waals surface area contributed by atoms with Gasteiger partial charge in [0.25, 0.3) is 32.3 Å². The van der Waals surface area contributed by atoms with Gasteiger partial charge in [0.15, 0.2) is 34.0 Å². The molecular weight excluding hydrogens is 1490 g/mol. The molecule has 0 atom stereocenters. The second-order valence-corrected chi connectivity index (χ2v) is 28.1. The van der Waals surface area contributed by atoms with Crippen LogP contribution >= 0.6 is 0 Å². The van der Waals surface area contributed by atoms with Crippen LogP contribution in [0.1, 0.15) is 60.8 Å². The lowest BCUT2D eigenvalue weighted by Crippen LogP contribution is -2.23. The molecule has 8 aromatic carbocycles. The Labute approximate surface area is 636 Å². The first-order valence-electron chi connectivity index (χ1n) is 34.3. The summed E-state index contributed by atoms with van der Waals surface area (Å²) in [6.45, 7) is 1.63. The quantitative estimate of drug-likeness (QED) is 0.0103. The van der Waals surface area contributed by atoms with Crippen LogP contribution in [0.4, 0.5) is 45.8 Å². The molecule has 12 rings (SSSR count). The van der Waals surface area contributed by atoms with Crippen LogP contribution in [-0.2, 0) is 75.1 Å². The number of phenolic OH excluding ortho intramolecular Hbond substituents is 2. The summed E-state index contributed by atoms with van der Waals surface area (Å²) in [4.78, 5) is 77.0. The van der Waals surface area contributed by atoms with Gasteiger partial charge in [0, 0.05) is 65.1 Å². The van der Waals surface area contributed by atoms with Crippen molar-refractivity contribution in [2.45, 2.75) is 74.5 Å². The lowest BCUT2D eigenvalue weighted by molar-refractivity contribution is -0.122. The van der Waals surface area contributed by atoms with E-state index in [2.05, 4.69) is 71.6 Å². The van der Waals surface area contributed by atoms with Gasteiger partial charge in [-0.25, -0.2) is 0 Å². The van der Waals surface area contributed by atoms with E-state index in [9.17, 15) is 65.5 Å². The molecule has 0 aliphatic carbocycles. The van der Waals surface area contributed by atoms with E-state index in [1.807, 2.05) is 24.3 Å². The maximum atomic E-state index is 13.5. The number of amides is 4. The number of carbonyl (C=O) groups excluding carboxylic acids is 4. The second kappa shape index (κ2) is 34.4. The molecule has 0 aliphatic heterocycles. The number of benzene rings is 8. The number of rotatable bonds is 33. The predicted octanol–water partition coefficient (Wildman–Crippen LogP) is 10.2. The normalized spacial score (nSPS) is 11.9. The van der Waals surface area contributed by atoms with Crippen molar-refractivity contribution in [3.05, 3.63) is 168 Å². The number of nitrogens with zero attached hydrogens (tertiary/aromatic N) is 12. The standard InChI is InChI=1S/C74H72N18O18S2/c1-107-29-31-109-71-83-67(75)65-69(85-71)91(73(99)81-65)39-43-13-9-41(10-14-43)37-77-57(95)5-3-7-59(97)79-53-27-21-47-33-51(111(101,102)103)35-55(93)61(47)63(53)89-87-49-23-17-45(18-24-49)46-19-25-50(26-20-46)88-90-64-54(28-22-48-34-52(112(104,105)106)36-56(94)62(48)64)80-60(98)8-4-6-58(96)78-38-42-11-15-44(16-12-42)40-92-70-66(82-74(92)100)68(76)84-72(86-70)110-32-30-108-2/h9-28,33-36,93-94H,3-8,29-32,37-40H2,1-2H3,(H,77,95)(H,78,96)(H,79,97)(H,80,98)(H,81,99)(H,82,100)(H2,75,83,85)(H2,76,84,86)(H,101,102,103)(H,104,105,106)/b89-87+,90-88+. The van der Waals surface area contributed by atoms with Gasteiger partial charge in [0.05, 0.1) is 69.6 Å². The molecule has 4 amide bonds. The monoisotopic (exact) mass is 1560 g/mol. The molecule has 0 radical (unpaired) electrons. The Morgan fingerprint density at radius 2 is 0.812 bits per heavy atom. The molecule has 0 aliphatic rings. The average molecular weight is 1570 g/mol. The van der Waals surface area contributed by atoms with Crippen LogP contribution in [0.5, 0.6) is 35.5 Å². The summed E-state index contributed by atoms with van der Waals surface area (Å²) >= 11 is 0. The molecule has 12 aromatic rings. The highest BCUT2D eigenvalue weighted by atomic mass is 32.2. The van der Waals surface area contributed by atoms with Crippen molar-refractivity contribution >= 4 is 133 Å². The molecule has 0 spiro atoms. The van der Waals surface area contributed by atoms with Crippen LogP contribution < -0.4 is 42.2 Å². The summed E-state index contributed by atoms with van der Waals surface area (Å²) in [7, 11) is -6.49. The first-order chi connectivity index (χ1) is 53.7. The number of fused-ring (bicyclic) bond motifs is 4. The van der Waals surface area contributed by atoms with E-state index < -0.39 is 53.3 Å². The number of hydrogen-bond donors (Lipinski definition) is 12. The molecule has 4 heterocycles. The minimum absolute atomic E-state index is 0.00258. The van der Waals surface area contributed by atoms with Gasteiger partial charge in [-0.1, -0.05) is 84.9 Å². The Hall–Kier alpha value is -13.4. The van der Waals surface area contributed by atoms with Gasteiger partial charge >= 0.3 is 12.0 Å². The van der Waals surface area contributed by atoms with Gasteiger partial charge in [-0.15, -0.1) is 10.2 Å². The van der Waals surface area contributed by atoms with Crippen LogP contribution in [0.3, 0.4) is 0 Å². The van der Waals surface area contributed by atoms with Crippen LogP contribution in [0.25, 0.3) is 55.0 Å². The molecule has 4 aromatic heterocycles. The fourth-order valence-corrected chi connectivity index (χ4v) is 12.8. The highest BCUT2D eigenvalue weighted by Gasteiger charge is 2.24. The van der Waals surface area contributed by atoms with E-state index in [-0.39, 0.29) is 192 Å². The van der Waals surface area contributed by atoms with E-state index in [4.69, 9.17) is 30.4 Å². The number of carbonyl (C=O) groups is 4. The van der Waals surface area contributed by atoms with Gasteiger partial charge in [-0.3, -0.25) is 37.4 Å². The first kappa shape index (κ1) is 78.2. The maximum Gasteiger partial charge on any atom is 0.320 e. The predicted molar refractivity (Wildman–Crippen MR) is 408 cm³/mol. The summed E-state index contributed by atoms with van der Waals surface area (Å²) in [5, 5.41) is 72.9. The average Bonchev–Trinajstić information content (AvgIpc) is 1.63.